The lowest BCUT2D eigenvalue weighted by Crippen LogP contribution is -2.21. The third-order valence-corrected chi connectivity index (χ3v) is 2.66. The number of nitrogens with zero attached hydrogens (tertiary/aromatic N) is 2. The van der Waals surface area contributed by atoms with Crippen LogP contribution in [0.4, 0.5) is 5.82 Å². The van der Waals surface area contributed by atoms with Crippen LogP contribution in [0.15, 0.2) is 23.3 Å². The maximum atomic E-state index is 4.42. The number of amidine groups is 1. The highest BCUT2D eigenvalue weighted by molar-refractivity contribution is 6.03. The molecule has 1 aromatic rings. The molecule has 0 amide bonds. The van der Waals surface area contributed by atoms with Crippen LogP contribution < -0.4 is 10.6 Å². The summed E-state index contributed by atoms with van der Waals surface area (Å²) in [5, 5.41) is 6.71. The summed E-state index contributed by atoms with van der Waals surface area (Å²) < 4.78 is 0. The number of nitrogens with one attached hydrogen (secondary N) is 2. The fraction of sp³-hybridized carbons (Fsp3) is 0.455. The molecule has 0 radical (unpaired) electrons. The molecule has 4 nitrogen and oxygen atoms in total. The topological polar surface area (TPSA) is 49.3 Å². The van der Waals surface area contributed by atoms with E-state index in [9.17, 15) is 0 Å². The minimum atomic E-state index is 0.626. The summed E-state index contributed by atoms with van der Waals surface area (Å²) in [7, 11) is 0. The van der Waals surface area contributed by atoms with Crippen LogP contribution in [0.1, 0.15) is 18.4 Å². The van der Waals surface area contributed by atoms with Crippen molar-refractivity contribution in [2.45, 2.75) is 18.9 Å². The van der Waals surface area contributed by atoms with E-state index < -0.39 is 0 Å². The van der Waals surface area contributed by atoms with Gasteiger partial charge in [0.05, 0.1) is 12.1 Å². The van der Waals surface area contributed by atoms with Crippen LogP contribution in [-0.4, -0.2) is 30.0 Å². The fourth-order valence-electron chi connectivity index (χ4n) is 1.71. The van der Waals surface area contributed by atoms with E-state index in [0.717, 1.165) is 30.3 Å². The Kier molecular flexibility index (Phi) is 2.05. The molecule has 1 fully saturated rings. The smallest absolute Gasteiger partial charge is 0.137 e. The van der Waals surface area contributed by atoms with Crippen molar-refractivity contribution in [1.82, 2.24) is 10.3 Å². The van der Waals surface area contributed by atoms with Gasteiger partial charge in [-0.3, -0.25) is 4.99 Å². The van der Waals surface area contributed by atoms with Gasteiger partial charge in [0, 0.05) is 18.8 Å². The van der Waals surface area contributed by atoms with Crippen LogP contribution in [0, 0.1) is 0 Å². The van der Waals surface area contributed by atoms with Crippen molar-refractivity contribution in [2.75, 3.05) is 18.4 Å². The van der Waals surface area contributed by atoms with Crippen molar-refractivity contribution in [3.8, 4) is 0 Å². The fourth-order valence-corrected chi connectivity index (χ4v) is 1.71. The molecule has 15 heavy (non-hydrogen) atoms. The number of pyridine rings is 1. The average Bonchev–Trinajstić information content (AvgIpc) is 2.93. The lowest BCUT2D eigenvalue weighted by atomic mass is 10.2. The highest BCUT2D eigenvalue weighted by Gasteiger charge is 2.23. The molecule has 78 valence electrons. The van der Waals surface area contributed by atoms with Crippen molar-refractivity contribution in [2.24, 2.45) is 4.99 Å². The van der Waals surface area contributed by atoms with E-state index in [1.54, 1.807) is 0 Å². The Hall–Kier alpha value is -1.58. The standard InChI is InChI=1S/C11H14N4/c1-2-9(10-13-6-7-14-10)11(12-5-1)15-8-3-4-8/h1-2,5,8H,3-4,6-7H2,(H,12,15)(H,13,14). The Labute approximate surface area is 88.8 Å². The normalized spacial score (nSPS) is 19.6. The SMILES string of the molecule is c1cnc(NC2CC2)c(C2=NCCN2)c1. The van der Waals surface area contributed by atoms with Crippen LogP contribution in [0.3, 0.4) is 0 Å². The second kappa shape index (κ2) is 3.53. The number of hydrogen-bond acceptors (Lipinski definition) is 4. The first-order chi connectivity index (χ1) is 7.43. The zero-order valence-corrected chi connectivity index (χ0v) is 8.53. The highest BCUT2D eigenvalue weighted by Crippen LogP contribution is 2.25. The quantitative estimate of drug-likeness (QED) is 0.769. The Bertz CT molecular complexity index is 395. The summed E-state index contributed by atoms with van der Waals surface area (Å²) in [6.45, 7) is 1.81. The van der Waals surface area contributed by atoms with Gasteiger partial charge in [-0.15, -0.1) is 0 Å². The number of aliphatic imine (C=N–C) groups is 1. The molecule has 2 aliphatic rings. The van der Waals surface area contributed by atoms with Gasteiger partial charge >= 0.3 is 0 Å². The van der Waals surface area contributed by atoms with Crippen LogP contribution in [-0.2, 0) is 0 Å². The number of anilines is 1. The predicted octanol–water partition coefficient (Wildman–Crippen LogP) is 1.01. The van der Waals surface area contributed by atoms with Crippen molar-refractivity contribution in [3.05, 3.63) is 23.9 Å². The Morgan fingerprint density at radius 3 is 3.07 bits per heavy atom. The molecule has 1 aliphatic heterocycles. The highest BCUT2D eigenvalue weighted by atomic mass is 15.1. The first-order valence-electron chi connectivity index (χ1n) is 5.44. The van der Waals surface area contributed by atoms with Crippen LogP contribution in [0.25, 0.3) is 0 Å². The molecule has 4 heteroatoms. The molecule has 0 aromatic carbocycles. The van der Waals surface area contributed by atoms with Crippen LogP contribution in [0.2, 0.25) is 0 Å². The van der Waals surface area contributed by atoms with E-state index in [1.165, 1.54) is 12.8 Å². The molecule has 1 aromatic heterocycles. The van der Waals surface area contributed by atoms with Crippen LogP contribution >= 0.6 is 0 Å². The maximum absolute atomic E-state index is 4.42. The summed E-state index contributed by atoms with van der Waals surface area (Å²) in [6.07, 6.45) is 4.34. The van der Waals surface area contributed by atoms with Gasteiger partial charge in [0.1, 0.15) is 11.7 Å². The molecular formula is C11H14N4. The van der Waals surface area contributed by atoms with Crippen molar-refractivity contribution in [1.29, 1.82) is 0 Å². The van der Waals surface area contributed by atoms with Gasteiger partial charge in [-0.25, -0.2) is 4.98 Å². The Morgan fingerprint density at radius 2 is 2.33 bits per heavy atom. The molecule has 0 bridgehead atoms. The summed E-state index contributed by atoms with van der Waals surface area (Å²) in [5.41, 5.74) is 1.10. The minimum Gasteiger partial charge on any atom is -0.368 e. The largest absolute Gasteiger partial charge is 0.368 e. The second-order valence-electron chi connectivity index (χ2n) is 3.98. The molecule has 3 rings (SSSR count). The summed E-state index contributed by atoms with van der Waals surface area (Å²) in [6, 6.07) is 4.64. The zero-order chi connectivity index (χ0) is 10.1. The first-order valence-corrected chi connectivity index (χ1v) is 5.44. The molecule has 1 saturated carbocycles. The summed E-state index contributed by atoms with van der Waals surface area (Å²) >= 11 is 0. The summed E-state index contributed by atoms with van der Waals surface area (Å²) in [5.74, 6) is 1.94. The molecule has 2 N–H and O–H groups in total. The molecule has 0 spiro atoms. The first kappa shape index (κ1) is 8.71. The van der Waals surface area contributed by atoms with Gasteiger partial charge in [0.25, 0.3) is 0 Å². The van der Waals surface area contributed by atoms with E-state index in [4.69, 9.17) is 0 Å². The monoisotopic (exact) mass is 202 g/mol. The van der Waals surface area contributed by atoms with Crippen LogP contribution in [0.5, 0.6) is 0 Å². The molecule has 0 saturated heterocycles. The van der Waals surface area contributed by atoms with E-state index in [1.807, 2.05) is 12.3 Å². The number of hydrogen-bond donors (Lipinski definition) is 2. The molecule has 1 aliphatic carbocycles. The second-order valence-corrected chi connectivity index (χ2v) is 3.98. The number of aromatic nitrogens is 1. The van der Waals surface area contributed by atoms with Gasteiger partial charge < -0.3 is 10.6 Å². The van der Waals surface area contributed by atoms with Crippen molar-refractivity contribution in [3.63, 3.8) is 0 Å². The maximum Gasteiger partial charge on any atom is 0.137 e. The average molecular weight is 202 g/mol. The lowest BCUT2D eigenvalue weighted by Gasteiger charge is -2.09. The van der Waals surface area contributed by atoms with Gasteiger partial charge in [-0.1, -0.05) is 0 Å². The van der Waals surface area contributed by atoms with E-state index >= 15 is 0 Å². The van der Waals surface area contributed by atoms with Crippen molar-refractivity contribution >= 4 is 11.7 Å². The van der Waals surface area contributed by atoms with Gasteiger partial charge in [0.15, 0.2) is 0 Å². The molecular weight excluding hydrogens is 188 g/mol. The predicted molar refractivity (Wildman–Crippen MR) is 60.3 cm³/mol. The Balaban J connectivity index is 1.90. The third kappa shape index (κ3) is 1.79. The minimum absolute atomic E-state index is 0.626. The van der Waals surface area contributed by atoms with E-state index in [-0.39, 0.29) is 0 Å². The van der Waals surface area contributed by atoms with E-state index in [2.05, 4.69) is 26.7 Å². The molecule has 2 heterocycles. The third-order valence-electron chi connectivity index (χ3n) is 2.66. The molecule has 0 unspecified atom stereocenters. The van der Waals surface area contributed by atoms with Gasteiger partial charge in [-0.05, 0) is 25.0 Å². The number of rotatable bonds is 3. The van der Waals surface area contributed by atoms with Gasteiger partial charge in [-0.2, -0.15) is 0 Å². The van der Waals surface area contributed by atoms with Gasteiger partial charge in [0.2, 0.25) is 0 Å². The Morgan fingerprint density at radius 1 is 1.40 bits per heavy atom. The lowest BCUT2D eigenvalue weighted by molar-refractivity contribution is 0.959. The molecule has 0 atom stereocenters. The van der Waals surface area contributed by atoms with Crippen molar-refractivity contribution < 1.29 is 0 Å². The van der Waals surface area contributed by atoms with E-state index in [0.29, 0.717) is 6.04 Å². The zero-order valence-electron chi connectivity index (χ0n) is 8.53. The summed E-state index contributed by atoms with van der Waals surface area (Å²) in [4.78, 5) is 8.79.